The Kier molecular flexibility index (Phi) is 2.85. The van der Waals surface area contributed by atoms with Crippen LogP contribution in [0.3, 0.4) is 0 Å². The summed E-state index contributed by atoms with van der Waals surface area (Å²) in [5.74, 6) is -1.06. The normalized spacial score (nSPS) is 17.1. The predicted molar refractivity (Wildman–Crippen MR) is 58.5 cm³/mol. The largest absolute Gasteiger partial charge is 0.476 e. The maximum atomic E-state index is 10.6. The Hall–Kier alpha value is -1.52. The van der Waals surface area contributed by atoms with E-state index in [9.17, 15) is 4.79 Å². The van der Waals surface area contributed by atoms with Gasteiger partial charge in [0.25, 0.3) is 6.01 Å². The Bertz CT molecular complexity index is 382. The van der Waals surface area contributed by atoms with E-state index < -0.39 is 5.97 Å². The lowest BCUT2D eigenvalue weighted by atomic mass is 10.0. The van der Waals surface area contributed by atoms with Crippen LogP contribution in [-0.4, -0.2) is 22.6 Å². The first-order chi connectivity index (χ1) is 7.65. The van der Waals surface area contributed by atoms with Gasteiger partial charge in [0.15, 0.2) is 5.69 Å². The number of aromatic carboxylic acids is 1. The van der Waals surface area contributed by atoms with E-state index in [0.29, 0.717) is 11.4 Å². The Balaban J connectivity index is 1.87. The third-order valence-electron chi connectivity index (χ3n) is 3.08. The Morgan fingerprint density at radius 1 is 1.69 bits per heavy atom. The zero-order valence-corrected chi connectivity index (χ0v) is 9.32. The van der Waals surface area contributed by atoms with Crippen LogP contribution in [0.4, 0.5) is 6.01 Å². The molecule has 0 aliphatic heterocycles. The average Bonchev–Trinajstić information content (AvgIpc) is 2.84. The molecule has 88 valence electrons. The van der Waals surface area contributed by atoms with Crippen LogP contribution >= 0.6 is 0 Å². The number of carboxylic acids is 1. The maximum Gasteiger partial charge on any atom is 0.357 e. The number of carboxylic acid groups (broad SMARTS) is 1. The van der Waals surface area contributed by atoms with E-state index in [1.165, 1.54) is 25.7 Å². The minimum atomic E-state index is -1.06. The highest BCUT2D eigenvalue weighted by atomic mass is 16.4. The first kappa shape index (κ1) is 11.0. The molecule has 5 heteroatoms. The highest BCUT2D eigenvalue weighted by Crippen LogP contribution is 2.49. The van der Waals surface area contributed by atoms with Crippen molar-refractivity contribution in [1.82, 2.24) is 4.98 Å². The lowest BCUT2D eigenvalue weighted by Crippen LogP contribution is -2.15. The van der Waals surface area contributed by atoms with Gasteiger partial charge in [0, 0.05) is 6.54 Å². The van der Waals surface area contributed by atoms with Crippen molar-refractivity contribution >= 4 is 12.0 Å². The second-order valence-electron chi connectivity index (χ2n) is 4.45. The fourth-order valence-corrected chi connectivity index (χ4v) is 1.94. The summed E-state index contributed by atoms with van der Waals surface area (Å²) in [5.41, 5.74) is 0.343. The number of nitrogens with zero attached hydrogens (tertiary/aromatic N) is 1. The monoisotopic (exact) mass is 224 g/mol. The van der Waals surface area contributed by atoms with Crippen LogP contribution in [0.1, 0.15) is 43.1 Å². The summed E-state index contributed by atoms with van der Waals surface area (Å²) in [7, 11) is 0. The molecule has 0 amide bonds. The molecule has 0 spiro atoms. The number of carbonyl (C=O) groups is 1. The lowest BCUT2D eigenvalue weighted by molar-refractivity contribution is 0.0690. The minimum Gasteiger partial charge on any atom is -0.476 e. The van der Waals surface area contributed by atoms with Crippen LogP contribution in [-0.2, 0) is 0 Å². The number of hydrogen-bond acceptors (Lipinski definition) is 4. The predicted octanol–water partition coefficient (Wildman–Crippen LogP) is 2.37. The van der Waals surface area contributed by atoms with Crippen LogP contribution in [0.25, 0.3) is 0 Å². The smallest absolute Gasteiger partial charge is 0.357 e. The lowest BCUT2D eigenvalue weighted by Gasteiger charge is -2.13. The van der Waals surface area contributed by atoms with Crippen molar-refractivity contribution in [3.63, 3.8) is 0 Å². The van der Waals surface area contributed by atoms with Crippen molar-refractivity contribution < 1.29 is 14.3 Å². The van der Waals surface area contributed by atoms with Gasteiger partial charge in [-0.1, -0.05) is 13.3 Å². The number of nitrogens with one attached hydrogen (secondary N) is 1. The number of hydrogen-bond donors (Lipinski definition) is 2. The maximum absolute atomic E-state index is 10.6. The van der Waals surface area contributed by atoms with Crippen molar-refractivity contribution in [2.24, 2.45) is 5.41 Å². The molecule has 0 radical (unpaired) electrons. The van der Waals surface area contributed by atoms with E-state index in [1.807, 2.05) is 0 Å². The third-order valence-corrected chi connectivity index (χ3v) is 3.08. The SMILES string of the molecule is CCCC1(CNc2nc(C(=O)O)co2)CC1. The fraction of sp³-hybridized carbons (Fsp3) is 0.636. The van der Waals surface area contributed by atoms with E-state index in [0.717, 1.165) is 12.8 Å². The molecule has 0 bridgehead atoms. The molecule has 0 atom stereocenters. The molecule has 0 unspecified atom stereocenters. The van der Waals surface area contributed by atoms with Crippen molar-refractivity contribution in [1.29, 1.82) is 0 Å². The van der Waals surface area contributed by atoms with Gasteiger partial charge < -0.3 is 14.8 Å². The molecule has 0 saturated heterocycles. The summed E-state index contributed by atoms with van der Waals surface area (Å²) in [6.07, 6.45) is 6.00. The number of aromatic nitrogens is 1. The summed E-state index contributed by atoms with van der Waals surface area (Å²) in [5, 5.41) is 11.7. The average molecular weight is 224 g/mol. The molecule has 1 aromatic heterocycles. The molecular weight excluding hydrogens is 208 g/mol. The molecule has 1 aliphatic carbocycles. The van der Waals surface area contributed by atoms with Crippen LogP contribution in [0.5, 0.6) is 0 Å². The second-order valence-corrected chi connectivity index (χ2v) is 4.45. The summed E-state index contributed by atoms with van der Waals surface area (Å²) >= 11 is 0. The van der Waals surface area contributed by atoms with Gasteiger partial charge in [0.05, 0.1) is 0 Å². The first-order valence-electron chi connectivity index (χ1n) is 5.58. The van der Waals surface area contributed by atoms with E-state index in [2.05, 4.69) is 17.2 Å². The molecular formula is C11H16N2O3. The molecule has 2 N–H and O–H groups in total. The molecule has 1 aromatic rings. The summed E-state index contributed by atoms with van der Waals surface area (Å²) < 4.78 is 5.02. The quantitative estimate of drug-likeness (QED) is 0.775. The standard InChI is InChI=1S/C11H16N2O3/c1-2-3-11(4-5-11)7-12-10-13-8(6-16-10)9(14)15/h6H,2-5,7H2,1H3,(H,12,13)(H,14,15). The Labute approximate surface area is 93.9 Å². The summed E-state index contributed by atoms with van der Waals surface area (Å²) in [6, 6.07) is 0.305. The Morgan fingerprint density at radius 3 is 2.94 bits per heavy atom. The van der Waals surface area contributed by atoms with Gasteiger partial charge in [-0.05, 0) is 24.7 Å². The highest BCUT2D eigenvalue weighted by Gasteiger charge is 2.41. The van der Waals surface area contributed by atoms with Crippen LogP contribution in [0.15, 0.2) is 10.7 Å². The first-order valence-corrected chi connectivity index (χ1v) is 5.58. The van der Waals surface area contributed by atoms with Gasteiger partial charge in [-0.3, -0.25) is 0 Å². The topological polar surface area (TPSA) is 75.4 Å². The zero-order chi connectivity index (χ0) is 11.6. The number of rotatable bonds is 6. The number of oxazole rings is 1. The molecule has 1 saturated carbocycles. The minimum absolute atomic E-state index is 0.0529. The second kappa shape index (κ2) is 4.15. The fourth-order valence-electron chi connectivity index (χ4n) is 1.94. The van der Waals surface area contributed by atoms with Gasteiger partial charge in [-0.25, -0.2) is 4.79 Å². The highest BCUT2D eigenvalue weighted by molar-refractivity contribution is 5.85. The third kappa shape index (κ3) is 2.35. The molecule has 1 heterocycles. The van der Waals surface area contributed by atoms with Gasteiger partial charge in [-0.15, -0.1) is 0 Å². The summed E-state index contributed by atoms with van der Waals surface area (Å²) in [6.45, 7) is 2.99. The van der Waals surface area contributed by atoms with E-state index in [-0.39, 0.29) is 5.69 Å². The Morgan fingerprint density at radius 2 is 2.44 bits per heavy atom. The van der Waals surface area contributed by atoms with Gasteiger partial charge in [-0.2, -0.15) is 4.98 Å². The van der Waals surface area contributed by atoms with Crippen molar-refractivity contribution in [2.45, 2.75) is 32.6 Å². The van der Waals surface area contributed by atoms with E-state index in [4.69, 9.17) is 9.52 Å². The van der Waals surface area contributed by atoms with Crippen molar-refractivity contribution in [3.8, 4) is 0 Å². The zero-order valence-electron chi connectivity index (χ0n) is 9.32. The van der Waals surface area contributed by atoms with E-state index >= 15 is 0 Å². The van der Waals surface area contributed by atoms with Crippen molar-refractivity contribution in [3.05, 3.63) is 12.0 Å². The molecule has 0 aromatic carbocycles. The molecule has 5 nitrogen and oxygen atoms in total. The summed E-state index contributed by atoms with van der Waals surface area (Å²) in [4.78, 5) is 14.4. The van der Waals surface area contributed by atoms with Crippen LogP contribution in [0.2, 0.25) is 0 Å². The molecule has 1 fully saturated rings. The van der Waals surface area contributed by atoms with Gasteiger partial charge >= 0.3 is 5.97 Å². The molecule has 2 rings (SSSR count). The van der Waals surface area contributed by atoms with Gasteiger partial charge in [0.2, 0.25) is 0 Å². The van der Waals surface area contributed by atoms with E-state index in [1.54, 1.807) is 0 Å². The molecule has 1 aliphatic rings. The van der Waals surface area contributed by atoms with Crippen LogP contribution < -0.4 is 5.32 Å². The number of anilines is 1. The van der Waals surface area contributed by atoms with Crippen LogP contribution in [0, 0.1) is 5.41 Å². The molecule has 16 heavy (non-hydrogen) atoms. The van der Waals surface area contributed by atoms with Crippen molar-refractivity contribution in [2.75, 3.05) is 11.9 Å². The van der Waals surface area contributed by atoms with Gasteiger partial charge in [0.1, 0.15) is 6.26 Å².